The second-order valence-corrected chi connectivity index (χ2v) is 5.85. The minimum Gasteiger partial charge on any atom is -0.463 e. The molecule has 3 heterocycles. The van der Waals surface area contributed by atoms with Crippen LogP contribution in [0.4, 0.5) is 0 Å². The normalized spacial score (nSPS) is 10.7. The van der Waals surface area contributed by atoms with Crippen LogP contribution in [0, 0.1) is 0 Å². The summed E-state index contributed by atoms with van der Waals surface area (Å²) in [7, 11) is 0. The summed E-state index contributed by atoms with van der Waals surface area (Å²) in [6.45, 7) is 0. The lowest BCUT2D eigenvalue weighted by Gasteiger charge is -2.12. The zero-order chi connectivity index (χ0) is 14.8. The molecule has 1 aromatic carbocycles. The number of hydrogen-bond donors (Lipinski definition) is 0. The number of nitrogens with zero attached hydrogens (tertiary/aromatic N) is 1. The van der Waals surface area contributed by atoms with Gasteiger partial charge < -0.3 is 4.42 Å². The molecule has 22 heavy (non-hydrogen) atoms. The molecule has 106 valence electrons. The fourth-order valence-corrected chi connectivity index (χ4v) is 3.38. The van der Waals surface area contributed by atoms with Crippen LogP contribution in [0.3, 0.4) is 0 Å². The Balaban J connectivity index is 2.02. The van der Waals surface area contributed by atoms with Gasteiger partial charge >= 0.3 is 0 Å². The Labute approximate surface area is 132 Å². The number of furan rings is 1. The molecule has 0 unspecified atom stereocenters. The third-order valence-corrected chi connectivity index (χ3v) is 4.45. The van der Waals surface area contributed by atoms with E-state index in [9.17, 15) is 0 Å². The summed E-state index contributed by atoms with van der Waals surface area (Å²) in [5.74, 6) is 0.793. The highest BCUT2D eigenvalue weighted by Crippen LogP contribution is 2.40. The molecular formula is C19H13NOS. The SMILES string of the molecule is c1ccc(-c2ccnc(-c3ccco3)c2-c2cccs2)cc1. The fourth-order valence-electron chi connectivity index (χ4n) is 2.59. The lowest BCUT2D eigenvalue weighted by atomic mass is 9.97. The molecule has 2 nitrogen and oxygen atoms in total. The summed E-state index contributed by atoms with van der Waals surface area (Å²) in [5.41, 5.74) is 4.36. The number of benzene rings is 1. The Morgan fingerprint density at radius 3 is 2.50 bits per heavy atom. The minimum atomic E-state index is 0.793. The number of thiophene rings is 1. The molecule has 0 N–H and O–H groups in total. The highest BCUT2D eigenvalue weighted by molar-refractivity contribution is 7.13. The number of rotatable bonds is 3. The van der Waals surface area contributed by atoms with E-state index < -0.39 is 0 Å². The Hall–Kier alpha value is -2.65. The molecule has 0 saturated heterocycles. The first-order valence-corrected chi connectivity index (χ1v) is 7.93. The van der Waals surface area contributed by atoms with Crippen molar-refractivity contribution in [3.05, 3.63) is 78.5 Å². The first-order chi connectivity index (χ1) is 10.9. The van der Waals surface area contributed by atoms with Crippen LogP contribution in [0.15, 0.2) is 82.9 Å². The summed E-state index contributed by atoms with van der Waals surface area (Å²) < 4.78 is 5.59. The van der Waals surface area contributed by atoms with Gasteiger partial charge in [0.2, 0.25) is 0 Å². The van der Waals surface area contributed by atoms with Crippen molar-refractivity contribution in [2.45, 2.75) is 0 Å². The maximum absolute atomic E-state index is 5.59. The highest BCUT2D eigenvalue weighted by atomic mass is 32.1. The molecule has 0 spiro atoms. The summed E-state index contributed by atoms with van der Waals surface area (Å²) in [5, 5.41) is 2.09. The van der Waals surface area contributed by atoms with Gasteiger partial charge in [-0.2, -0.15) is 0 Å². The monoisotopic (exact) mass is 303 g/mol. The lowest BCUT2D eigenvalue weighted by molar-refractivity contribution is 0.580. The van der Waals surface area contributed by atoms with Crippen molar-refractivity contribution in [3.63, 3.8) is 0 Å². The Bertz CT molecular complexity index is 865. The standard InChI is InChI=1S/C19H13NOS/c1-2-6-14(7-3-1)15-10-11-20-19(16-8-4-12-21-16)18(15)17-9-5-13-22-17/h1-13H. The molecule has 0 amide bonds. The first-order valence-electron chi connectivity index (χ1n) is 7.05. The van der Waals surface area contributed by atoms with Crippen molar-refractivity contribution in [2.24, 2.45) is 0 Å². The second kappa shape index (κ2) is 5.62. The number of hydrogen-bond acceptors (Lipinski definition) is 3. The van der Waals surface area contributed by atoms with Crippen molar-refractivity contribution in [2.75, 3.05) is 0 Å². The molecule has 0 aliphatic carbocycles. The Morgan fingerprint density at radius 1 is 0.864 bits per heavy atom. The van der Waals surface area contributed by atoms with Crippen molar-refractivity contribution in [1.82, 2.24) is 4.98 Å². The van der Waals surface area contributed by atoms with Crippen molar-refractivity contribution in [3.8, 4) is 33.0 Å². The van der Waals surface area contributed by atoms with E-state index >= 15 is 0 Å². The minimum absolute atomic E-state index is 0.793. The van der Waals surface area contributed by atoms with Gasteiger partial charge in [-0.25, -0.2) is 0 Å². The summed E-state index contributed by atoms with van der Waals surface area (Å²) in [6, 6.07) is 20.5. The number of pyridine rings is 1. The van der Waals surface area contributed by atoms with Crippen LogP contribution < -0.4 is 0 Å². The predicted molar refractivity (Wildman–Crippen MR) is 90.7 cm³/mol. The lowest BCUT2D eigenvalue weighted by Crippen LogP contribution is -1.91. The van der Waals surface area contributed by atoms with E-state index in [2.05, 4.69) is 52.8 Å². The molecule has 4 aromatic rings. The molecule has 0 radical (unpaired) electrons. The van der Waals surface area contributed by atoms with Crippen LogP contribution in [0.1, 0.15) is 0 Å². The molecule has 0 atom stereocenters. The van der Waals surface area contributed by atoms with Crippen molar-refractivity contribution >= 4 is 11.3 Å². The van der Waals surface area contributed by atoms with E-state index in [0.29, 0.717) is 0 Å². The zero-order valence-electron chi connectivity index (χ0n) is 11.8. The van der Waals surface area contributed by atoms with E-state index in [1.165, 1.54) is 16.0 Å². The molecule has 0 aliphatic rings. The van der Waals surface area contributed by atoms with Crippen LogP contribution in [0.25, 0.3) is 33.0 Å². The predicted octanol–water partition coefficient (Wildman–Crippen LogP) is 5.74. The van der Waals surface area contributed by atoms with Gasteiger partial charge in [0.1, 0.15) is 5.69 Å². The fraction of sp³-hybridized carbons (Fsp3) is 0. The highest BCUT2D eigenvalue weighted by Gasteiger charge is 2.17. The van der Waals surface area contributed by atoms with E-state index in [-0.39, 0.29) is 0 Å². The maximum atomic E-state index is 5.59. The van der Waals surface area contributed by atoms with Gasteiger partial charge in [-0.1, -0.05) is 36.4 Å². The molecule has 3 aromatic heterocycles. The first kappa shape index (κ1) is 13.0. The van der Waals surface area contributed by atoms with Crippen LogP contribution in [0.5, 0.6) is 0 Å². The van der Waals surface area contributed by atoms with E-state index in [4.69, 9.17) is 4.42 Å². The van der Waals surface area contributed by atoms with Gasteiger partial charge in [0.25, 0.3) is 0 Å². The van der Waals surface area contributed by atoms with Crippen LogP contribution in [-0.4, -0.2) is 4.98 Å². The molecule has 0 aliphatic heterocycles. The molecule has 0 fully saturated rings. The van der Waals surface area contributed by atoms with Crippen LogP contribution >= 0.6 is 11.3 Å². The number of aromatic nitrogens is 1. The van der Waals surface area contributed by atoms with Gasteiger partial charge in [-0.15, -0.1) is 11.3 Å². The molecule has 3 heteroatoms. The van der Waals surface area contributed by atoms with Gasteiger partial charge in [-0.3, -0.25) is 4.98 Å². The van der Waals surface area contributed by atoms with Gasteiger partial charge in [-0.05, 0) is 40.8 Å². The van der Waals surface area contributed by atoms with Crippen LogP contribution in [-0.2, 0) is 0 Å². The van der Waals surface area contributed by atoms with E-state index in [1.54, 1.807) is 17.6 Å². The molecule has 0 bridgehead atoms. The smallest absolute Gasteiger partial charge is 0.152 e. The quantitative estimate of drug-likeness (QED) is 0.482. The summed E-state index contributed by atoms with van der Waals surface area (Å²) in [6.07, 6.45) is 3.53. The van der Waals surface area contributed by atoms with Gasteiger partial charge in [0.05, 0.1) is 6.26 Å². The zero-order valence-corrected chi connectivity index (χ0v) is 12.6. The van der Waals surface area contributed by atoms with Gasteiger partial charge in [0.15, 0.2) is 5.76 Å². The van der Waals surface area contributed by atoms with Crippen molar-refractivity contribution < 1.29 is 4.42 Å². The summed E-state index contributed by atoms with van der Waals surface area (Å²) >= 11 is 1.71. The van der Waals surface area contributed by atoms with Gasteiger partial charge in [0, 0.05) is 16.6 Å². The second-order valence-electron chi connectivity index (χ2n) is 4.90. The third kappa shape index (κ3) is 2.26. The third-order valence-electron chi connectivity index (χ3n) is 3.56. The maximum Gasteiger partial charge on any atom is 0.152 e. The van der Waals surface area contributed by atoms with Crippen molar-refractivity contribution in [1.29, 1.82) is 0 Å². The molecular weight excluding hydrogens is 290 g/mol. The van der Waals surface area contributed by atoms with E-state index in [0.717, 1.165) is 17.0 Å². The molecule has 0 saturated carbocycles. The average Bonchev–Trinajstić information content (AvgIpc) is 3.28. The largest absolute Gasteiger partial charge is 0.463 e. The Kier molecular flexibility index (Phi) is 3.33. The average molecular weight is 303 g/mol. The molecule has 4 rings (SSSR count). The van der Waals surface area contributed by atoms with E-state index in [1.807, 2.05) is 24.4 Å². The summed E-state index contributed by atoms with van der Waals surface area (Å²) in [4.78, 5) is 5.77. The van der Waals surface area contributed by atoms with Crippen LogP contribution in [0.2, 0.25) is 0 Å². The topological polar surface area (TPSA) is 26.0 Å². The Morgan fingerprint density at radius 2 is 1.77 bits per heavy atom.